The standard InChI is InChI=1S/C21H22N2OS/c1-13-8-9-18(16(4)10-13)22-19(24)12-25-20-11-15(3)17-7-5-6-14(2)21(17)23-20/h5-11H,12H2,1-4H3,(H,22,24). The zero-order valence-corrected chi connectivity index (χ0v) is 15.8. The Labute approximate surface area is 152 Å². The zero-order chi connectivity index (χ0) is 18.0. The van der Waals surface area contributed by atoms with Crippen molar-refractivity contribution in [2.45, 2.75) is 32.7 Å². The highest BCUT2D eigenvalue weighted by atomic mass is 32.2. The number of fused-ring (bicyclic) bond motifs is 1. The van der Waals surface area contributed by atoms with Crippen molar-refractivity contribution in [1.29, 1.82) is 0 Å². The predicted molar refractivity (Wildman–Crippen MR) is 106 cm³/mol. The van der Waals surface area contributed by atoms with E-state index in [-0.39, 0.29) is 5.91 Å². The van der Waals surface area contributed by atoms with E-state index < -0.39 is 0 Å². The van der Waals surface area contributed by atoms with Gasteiger partial charge in [0.05, 0.1) is 16.3 Å². The number of benzene rings is 2. The molecule has 0 bridgehead atoms. The Morgan fingerprint density at radius 1 is 1.00 bits per heavy atom. The van der Waals surface area contributed by atoms with Crippen molar-refractivity contribution in [3.05, 3.63) is 64.7 Å². The van der Waals surface area contributed by atoms with Crippen molar-refractivity contribution < 1.29 is 4.79 Å². The number of nitrogens with zero attached hydrogens (tertiary/aromatic N) is 1. The summed E-state index contributed by atoms with van der Waals surface area (Å²) in [5.41, 5.74) is 6.49. The van der Waals surface area contributed by atoms with Gasteiger partial charge in [0.2, 0.25) is 5.91 Å². The van der Waals surface area contributed by atoms with Crippen LogP contribution >= 0.6 is 11.8 Å². The fourth-order valence-electron chi connectivity index (χ4n) is 2.88. The van der Waals surface area contributed by atoms with E-state index in [2.05, 4.69) is 49.5 Å². The molecule has 0 fully saturated rings. The predicted octanol–water partition coefficient (Wildman–Crippen LogP) is 5.20. The van der Waals surface area contributed by atoms with Crippen LogP contribution in [0.15, 0.2) is 47.5 Å². The lowest BCUT2D eigenvalue weighted by atomic mass is 10.1. The summed E-state index contributed by atoms with van der Waals surface area (Å²) in [7, 11) is 0. The van der Waals surface area contributed by atoms with Crippen molar-refractivity contribution in [2.75, 3.05) is 11.1 Å². The van der Waals surface area contributed by atoms with E-state index in [1.54, 1.807) is 0 Å². The molecule has 4 heteroatoms. The van der Waals surface area contributed by atoms with Gasteiger partial charge in [0.1, 0.15) is 0 Å². The lowest BCUT2D eigenvalue weighted by Crippen LogP contribution is -2.15. The third kappa shape index (κ3) is 4.02. The Morgan fingerprint density at radius 2 is 1.80 bits per heavy atom. The first-order chi connectivity index (χ1) is 11.9. The molecule has 0 saturated heterocycles. The summed E-state index contributed by atoms with van der Waals surface area (Å²) in [6, 6.07) is 14.3. The van der Waals surface area contributed by atoms with E-state index >= 15 is 0 Å². The normalized spacial score (nSPS) is 10.9. The molecule has 0 radical (unpaired) electrons. The minimum Gasteiger partial charge on any atom is -0.325 e. The van der Waals surface area contributed by atoms with Crippen LogP contribution in [0.25, 0.3) is 10.9 Å². The Bertz CT molecular complexity index is 950. The summed E-state index contributed by atoms with van der Waals surface area (Å²) in [5, 5.41) is 5.04. The second-order valence-corrected chi connectivity index (χ2v) is 7.40. The summed E-state index contributed by atoms with van der Waals surface area (Å²) in [6.07, 6.45) is 0. The number of pyridine rings is 1. The molecule has 3 aromatic rings. The Hall–Kier alpha value is -2.33. The van der Waals surface area contributed by atoms with Crippen LogP contribution in [0.3, 0.4) is 0 Å². The van der Waals surface area contributed by atoms with Gasteiger partial charge in [-0.2, -0.15) is 0 Å². The van der Waals surface area contributed by atoms with E-state index in [4.69, 9.17) is 4.98 Å². The first-order valence-corrected chi connectivity index (χ1v) is 9.29. The van der Waals surface area contributed by atoms with E-state index in [0.717, 1.165) is 27.4 Å². The fourth-order valence-corrected chi connectivity index (χ4v) is 3.65. The summed E-state index contributed by atoms with van der Waals surface area (Å²) < 4.78 is 0. The maximum atomic E-state index is 12.3. The van der Waals surface area contributed by atoms with E-state index in [1.807, 2.05) is 26.0 Å². The molecule has 2 aromatic carbocycles. The van der Waals surface area contributed by atoms with Gasteiger partial charge in [-0.25, -0.2) is 4.98 Å². The molecule has 1 N–H and O–H groups in total. The first kappa shape index (κ1) is 17.5. The molecule has 1 amide bonds. The second-order valence-electron chi connectivity index (χ2n) is 6.40. The van der Waals surface area contributed by atoms with Crippen LogP contribution in [0, 0.1) is 27.7 Å². The number of hydrogen-bond acceptors (Lipinski definition) is 3. The molecular weight excluding hydrogens is 328 g/mol. The minimum absolute atomic E-state index is 0.0127. The summed E-state index contributed by atoms with van der Waals surface area (Å²) in [4.78, 5) is 17.0. The van der Waals surface area contributed by atoms with Crippen LogP contribution in [0.4, 0.5) is 5.69 Å². The lowest BCUT2D eigenvalue weighted by Gasteiger charge is -2.10. The number of aromatic nitrogens is 1. The molecule has 0 unspecified atom stereocenters. The molecule has 0 atom stereocenters. The second kappa shape index (κ2) is 7.28. The molecule has 3 rings (SSSR count). The number of para-hydroxylation sites is 1. The third-order valence-corrected chi connectivity index (χ3v) is 5.14. The number of aryl methyl sites for hydroxylation is 4. The van der Waals surface area contributed by atoms with Gasteiger partial charge in [-0.3, -0.25) is 4.79 Å². The Morgan fingerprint density at radius 3 is 2.56 bits per heavy atom. The number of nitrogens with one attached hydrogen (secondary N) is 1. The molecule has 0 aliphatic carbocycles. The maximum Gasteiger partial charge on any atom is 0.234 e. The van der Waals surface area contributed by atoms with Gasteiger partial charge in [0, 0.05) is 11.1 Å². The minimum atomic E-state index is -0.0127. The number of thioether (sulfide) groups is 1. The van der Waals surface area contributed by atoms with Gasteiger partial charge in [0.25, 0.3) is 0 Å². The van der Waals surface area contributed by atoms with Crippen LogP contribution in [0.1, 0.15) is 22.3 Å². The molecule has 1 aromatic heterocycles. The average molecular weight is 350 g/mol. The topological polar surface area (TPSA) is 42.0 Å². The summed E-state index contributed by atoms with van der Waals surface area (Å²) in [6.45, 7) is 8.20. The van der Waals surface area contributed by atoms with Crippen LogP contribution in [-0.4, -0.2) is 16.6 Å². The monoisotopic (exact) mass is 350 g/mol. The lowest BCUT2D eigenvalue weighted by molar-refractivity contribution is -0.113. The highest BCUT2D eigenvalue weighted by Gasteiger charge is 2.09. The molecule has 0 aliphatic heterocycles. The average Bonchev–Trinajstić information content (AvgIpc) is 2.57. The quantitative estimate of drug-likeness (QED) is 0.658. The van der Waals surface area contributed by atoms with Crippen LogP contribution in [0.2, 0.25) is 0 Å². The molecule has 128 valence electrons. The fraction of sp³-hybridized carbons (Fsp3) is 0.238. The van der Waals surface area contributed by atoms with Gasteiger partial charge in [-0.05, 0) is 56.5 Å². The smallest absolute Gasteiger partial charge is 0.234 e. The third-order valence-electron chi connectivity index (χ3n) is 4.23. The zero-order valence-electron chi connectivity index (χ0n) is 15.0. The van der Waals surface area contributed by atoms with E-state index in [1.165, 1.54) is 28.3 Å². The van der Waals surface area contributed by atoms with Gasteiger partial charge in [0.15, 0.2) is 0 Å². The Kier molecular flexibility index (Phi) is 5.09. The maximum absolute atomic E-state index is 12.3. The van der Waals surface area contributed by atoms with Crippen LogP contribution < -0.4 is 5.32 Å². The largest absolute Gasteiger partial charge is 0.325 e. The van der Waals surface area contributed by atoms with Crippen molar-refractivity contribution in [2.24, 2.45) is 0 Å². The SMILES string of the molecule is Cc1ccc(NC(=O)CSc2cc(C)c3cccc(C)c3n2)c(C)c1. The van der Waals surface area contributed by atoms with Crippen molar-refractivity contribution in [3.63, 3.8) is 0 Å². The van der Waals surface area contributed by atoms with E-state index in [0.29, 0.717) is 5.75 Å². The molecule has 25 heavy (non-hydrogen) atoms. The number of amides is 1. The number of carbonyl (C=O) groups excluding carboxylic acids is 1. The Balaban J connectivity index is 1.72. The molecular formula is C21H22N2OS. The summed E-state index contributed by atoms with van der Waals surface area (Å²) in [5.74, 6) is 0.332. The molecule has 3 nitrogen and oxygen atoms in total. The molecule has 0 spiro atoms. The molecule has 0 saturated carbocycles. The number of carbonyl (C=O) groups is 1. The first-order valence-electron chi connectivity index (χ1n) is 8.31. The van der Waals surface area contributed by atoms with Crippen molar-refractivity contribution in [1.82, 2.24) is 4.98 Å². The van der Waals surface area contributed by atoms with E-state index in [9.17, 15) is 4.79 Å². The van der Waals surface area contributed by atoms with Gasteiger partial charge in [-0.15, -0.1) is 0 Å². The summed E-state index contributed by atoms with van der Waals surface area (Å²) >= 11 is 1.47. The van der Waals surface area contributed by atoms with Crippen LogP contribution in [-0.2, 0) is 4.79 Å². The van der Waals surface area contributed by atoms with Gasteiger partial charge >= 0.3 is 0 Å². The number of hydrogen-bond donors (Lipinski definition) is 1. The van der Waals surface area contributed by atoms with Crippen molar-refractivity contribution >= 4 is 34.3 Å². The van der Waals surface area contributed by atoms with Crippen molar-refractivity contribution in [3.8, 4) is 0 Å². The highest BCUT2D eigenvalue weighted by molar-refractivity contribution is 7.99. The highest BCUT2D eigenvalue weighted by Crippen LogP contribution is 2.26. The number of rotatable bonds is 4. The van der Waals surface area contributed by atoms with Crippen LogP contribution in [0.5, 0.6) is 0 Å². The molecule has 0 aliphatic rings. The number of anilines is 1. The van der Waals surface area contributed by atoms with Gasteiger partial charge in [-0.1, -0.05) is 47.7 Å². The van der Waals surface area contributed by atoms with Gasteiger partial charge < -0.3 is 5.32 Å². The molecule has 1 heterocycles.